The second-order valence-corrected chi connectivity index (χ2v) is 7.32. The molecule has 2 nitrogen and oxygen atoms in total. The summed E-state index contributed by atoms with van der Waals surface area (Å²) in [6.07, 6.45) is 3.58. The largest absolute Gasteiger partial charge is 0.331 e. The monoisotopic (exact) mass is 369 g/mol. The topological polar surface area (TPSA) is 20.3 Å². The predicted octanol–water partition coefficient (Wildman–Crippen LogP) is 6.05. The maximum absolute atomic E-state index is 12.9. The van der Waals surface area contributed by atoms with E-state index in [-0.39, 0.29) is 5.91 Å². The van der Waals surface area contributed by atoms with Crippen LogP contribution in [-0.2, 0) is 17.9 Å². The number of carbonyl (C=O) groups excluding carboxylic acids is 1. The molecule has 0 bridgehead atoms. The van der Waals surface area contributed by atoms with Crippen molar-refractivity contribution in [2.45, 2.75) is 32.9 Å². The van der Waals surface area contributed by atoms with Gasteiger partial charge in [0.2, 0.25) is 5.91 Å². The summed E-state index contributed by atoms with van der Waals surface area (Å²) in [7, 11) is 0. The van der Waals surface area contributed by atoms with Crippen LogP contribution in [0, 0.1) is 0 Å². The molecule has 0 aliphatic carbocycles. The van der Waals surface area contributed by atoms with Crippen molar-refractivity contribution in [3.8, 4) is 0 Å². The van der Waals surface area contributed by atoms with Gasteiger partial charge in [0.15, 0.2) is 0 Å². The Morgan fingerprint density at radius 2 is 1.29 bits per heavy atom. The summed E-state index contributed by atoms with van der Waals surface area (Å²) < 4.78 is 0. The zero-order valence-electron chi connectivity index (χ0n) is 16.6. The van der Waals surface area contributed by atoms with Crippen molar-refractivity contribution in [1.82, 2.24) is 4.90 Å². The van der Waals surface area contributed by atoms with Crippen molar-refractivity contribution < 1.29 is 4.79 Å². The fraction of sp³-hybridized carbons (Fsp3) is 0.192. The maximum atomic E-state index is 12.9. The third kappa shape index (κ3) is 5.68. The van der Waals surface area contributed by atoms with E-state index >= 15 is 0 Å². The van der Waals surface area contributed by atoms with Crippen molar-refractivity contribution in [3.63, 3.8) is 0 Å². The highest BCUT2D eigenvalue weighted by atomic mass is 16.2. The summed E-state index contributed by atoms with van der Waals surface area (Å²) in [6, 6.07) is 28.6. The molecular formula is C26H27NO. The lowest BCUT2D eigenvalue weighted by atomic mass is 10.0. The van der Waals surface area contributed by atoms with Crippen LogP contribution in [0.2, 0.25) is 0 Å². The number of benzene rings is 3. The molecule has 0 aromatic heterocycles. The summed E-state index contributed by atoms with van der Waals surface area (Å²) in [5, 5.41) is 0. The molecule has 0 aliphatic heterocycles. The standard InChI is InChI=1S/C26H27NO/c1-21(2)25-16-13-22(14-17-25)15-18-26(28)27(19-23-9-5-3-6-10-23)20-24-11-7-4-8-12-24/h3-18,21H,19-20H2,1-2H3. The highest BCUT2D eigenvalue weighted by Gasteiger charge is 2.12. The number of carbonyl (C=O) groups is 1. The number of nitrogens with zero attached hydrogens (tertiary/aromatic N) is 1. The fourth-order valence-corrected chi connectivity index (χ4v) is 3.08. The SMILES string of the molecule is CC(C)c1ccc(C=CC(=O)N(Cc2ccccc2)Cc2ccccc2)cc1. The minimum atomic E-state index is 0.0145. The van der Waals surface area contributed by atoms with E-state index in [2.05, 4.69) is 62.4 Å². The predicted molar refractivity (Wildman–Crippen MR) is 117 cm³/mol. The molecule has 0 atom stereocenters. The van der Waals surface area contributed by atoms with E-state index in [1.807, 2.05) is 47.4 Å². The van der Waals surface area contributed by atoms with E-state index in [1.165, 1.54) is 5.56 Å². The second kappa shape index (κ2) is 9.70. The summed E-state index contributed by atoms with van der Waals surface area (Å²) >= 11 is 0. The van der Waals surface area contributed by atoms with Crippen molar-refractivity contribution in [1.29, 1.82) is 0 Å². The lowest BCUT2D eigenvalue weighted by molar-refractivity contribution is -0.127. The van der Waals surface area contributed by atoms with Gasteiger partial charge in [0, 0.05) is 19.2 Å². The molecule has 28 heavy (non-hydrogen) atoms. The molecule has 3 rings (SSSR count). The highest BCUT2D eigenvalue weighted by molar-refractivity contribution is 5.91. The third-order valence-electron chi connectivity index (χ3n) is 4.77. The summed E-state index contributed by atoms with van der Waals surface area (Å²) in [4.78, 5) is 14.8. The van der Waals surface area contributed by atoms with Crippen LogP contribution in [0.3, 0.4) is 0 Å². The first-order chi connectivity index (χ1) is 13.6. The number of hydrogen-bond acceptors (Lipinski definition) is 1. The van der Waals surface area contributed by atoms with Gasteiger partial charge in [-0.25, -0.2) is 0 Å². The van der Waals surface area contributed by atoms with Gasteiger partial charge in [-0.3, -0.25) is 4.79 Å². The smallest absolute Gasteiger partial charge is 0.247 e. The molecule has 0 saturated carbocycles. The molecule has 0 unspecified atom stereocenters. The van der Waals surface area contributed by atoms with E-state index in [9.17, 15) is 4.79 Å². The quantitative estimate of drug-likeness (QED) is 0.464. The van der Waals surface area contributed by atoms with E-state index in [0.717, 1.165) is 16.7 Å². The van der Waals surface area contributed by atoms with Crippen molar-refractivity contribution in [2.24, 2.45) is 0 Å². The van der Waals surface area contributed by atoms with Crippen molar-refractivity contribution >= 4 is 12.0 Å². The van der Waals surface area contributed by atoms with Crippen LogP contribution in [0.4, 0.5) is 0 Å². The van der Waals surface area contributed by atoms with Crippen molar-refractivity contribution in [2.75, 3.05) is 0 Å². The van der Waals surface area contributed by atoms with Gasteiger partial charge in [0.25, 0.3) is 0 Å². The van der Waals surface area contributed by atoms with E-state index < -0.39 is 0 Å². The van der Waals surface area contributed by atoms with Crippen LogP contribution in [0.15, 0.2) is 91.0 Å². The highest BCUT2D eigenvalue weighted by Crippen LogP contribution is 2.16. The Balaban J connectivity index is 1.75. The first kappa shape index (κ1) is 19.6. The average Bonchev–Trinajstić information content (AvgIpc) is 2.73. The van der Waals surface area contributed by atoms with Crippen LogP contribution in [0.25, 0.3) is 6.08 Å². The van der Waals surface area contributed by atoms with Crippen molar-refractivity contribution in [3.05, 3.63) is 113 Å². The van der Waals surface area contributed by atoms with E-state index in [1.54, 1.807) is 6.08 Å². The van der Waals surface area contributed by atoms with Gasteiger partial charge < -0.3 is 4.90 Å². The molecule has 0 saturated heterocycles. The fourth-order valence-electron chi connectivity index (χ4n) is 3.08. The number of hydrogen-bond donors (Lipinski definition) is 0. The maximum Gasteiger partial charge on any atom is 0.247 e. The lowest BCUT2D eigenvalue weighted by Gasteiger charge is -2.21. The molecule has 3 aromatic rings. The Bertz CT molecular complexity index is 855. The van der Waals surface area contributed by atoms with Crippen LogP contribution in [0.1, 0.15) is 42.0 Å². The zero-order valence-corrected chi connectivity index (χ0v) is 16.6. The Kier molecular flexibility index (Phi) is 6.80. The second-order valence-electron chi connectivity index (χ2n) is 7.32. The first-order valence-electron chi connectivity index (χ1n) is 9.76. The molecule has 0 aliphatic rings. The molecule has 1 amide bonds. The van der Waals surface area contributed by atoms with Gasteiger partial charge in [-0.05, 0) is 34.2 Å². The third-order valence-corrected chi connectivity index (χ3v) is 4.77. The van der Waals surface area contributed by atoms with Crippen LogP contribution in [0.5, 0.6) is 0 Å². The summed E-state index contributed by atoms with van der Waals surface area (Å²) in [5.41, 5.74) is 4.60. The molecule has 0 spiro atoms. The molecule has 0 N–H and O–H groups in total. The molecular weight excluding hydrogens is 342 g/mol. The van der Waals surface area contributed by atoms with Gasteiger partial charge in [0.05, 0.1) is 0 Å². The summed E-state index contributed by atoms with van der Waals surface area (Å²) in [5.74, 6) is 0.521. The number of rotatable bonds is 7. The average molecular weight is 370 g/mol. The minimum absolute atomic E-state index is 0.0145. The van der Waals surface area contributed by atoms with Gasteiger partial charge >= 0.3 is 0 Å². The van der Waals surface area contributed by atoms with Gasteiger partial charge in [0.1, 0.15) is 0 Å². The van der Waals surface area contributed by atoms with E-state index in [4.69, 9.17) is 0 Å². The molecule has 0 heterocycles. The summed E-state index contributed by atoms with van der Waals surface area (Å²) in [6.45, 7) is 5.54. The Labute approximate surface area is 168 Å². The molecule has 0 radical (unpaired) electrons. The Hall–Kier alpha value is -3.13. The lowest BCUT2D eigenvalue weighted by Crippen LogP contribution is -2.28. The van der Waals surface area contributed by atoms with E-state index in [0.29, 0.717) is 19.0 Å². The normalized spacial score (nSPS) is 11.1. The number of amides is 1. The molecule has 0 fully saturated rings. The Morgan fingerprint density at radius 3 is 1.75 bits per heavy atom. The molecule has 3 aromatic carbocycles. The van der Waals surface area contributed by atoms with Crippen LogP contribution >= 0.6 is 0 Å². The van der Waals surface area contributed by atoms with Gasteiger partial charge in [-0.1, -0.05) is 98.8 Å². The first-order valence-corrected chi connectivity index (χ1v) is 9.76. The van der Waals surface area contributed by atoms with Gasteiger partial charge in [-0.2, -0.15) is 0 Å². The Morgan fingerprint density at radius 1 is 0.786 bits per heavy atom. The zero-order chi connectivity index (χ0) is 19.8. The van der Waals surface area contributed by atoms with Gasteiger partial charge in [-0.15, -0.1) is 0 Å². The van der Waals surface area contributed by atoms with Crippen LogP contribution in [-0.4, -0.2) is 10.8 Å². The van der Waals surface area contributed by atoms with Crippen LogP contribution < -0.4 is 0 Å². The minimum Gasteiger partial charge on any atom is -0.331 e. The molecule has 142 valence electrons. The molecule has 2 heteroatoms.